The van der Waals surface area contributed by atoms with Gasteiger partial charge in [0.05, 0.1) is 6.04 Å². The van der Waals surface area contributed by atoms with Crippen molar-refractivity contribution in [3.05, 3.63) is 0 Å². The molecule has 13 heteroatoms. The molecule has 3 amide bonds. The first kappa shape index (κ1) is 30.2. The van der Waals surface area contributed by atoms with Gasteiger partial charge in [-0.3, -0.25) is 14.4 Å². The minimum absolute atomic E-state index is 0.0230. The van der Waals surface area contributed by atoms with Crippen LogP contribution in [0.3, 0.4) is 0 Å². The molecule has 4 unspecified atom stereocenters. The van der Waals surface area contributed by atoms with Gasteiger partial charge < -0.3 is 26.8 Å². The Kier molecular flexibility index (Phi) is 17.3. The van der Waals surface area contributed by atoms with Gasteiger partial charge in [0.25, 0.3) is 0 Å². The van der Waals surface area contributed by atoms with Gasteiger partial charge in [-0.1, -0.05) is 0 Å². The van der Waals surface area contributed by atoms with E-state index in [1.165, 1.54) is 23.5 Å². The minimum Gasteiger partial charge on any atom is -0.480 e. The molecule has 0 rings (SSSR count). The zero-order valence-electron chi connectivity index (χ0n) is 18.1. The Morgan fingerprint density at radius 2 is 1.19 bits per heavy atom. The van der Waals surface area contributed by atoms with Crippen molar-refractivity contribution in [2.75, 3.05) is 41.8 Å². The summed E-state index contributed by atoms with van der Waals surface area (Å²) >= 11 is 8.67. The van der Waals surface area contributed by atoms with E-state index in [0.717, 1.165) is 0 Å². The highest BCUT2D eigenvalue weighted by Crippen LogP contribution is 2.06. The summed E-state index contributed by atoms with van der Waals surface area (Å²) in [6.07, 6.45) is 6.68. The number of carbonyl (C=O) groups excluding carboxylic acids is 3. The quantitative estimate of drug-likeness (QED) is 0.148. The highest BCUT2D eigenvalue weighted by atomic mass is 32.2. The predicted molar refractivity (Wildman–Crippen MR) is 134 cm³/mol. The maximum Gasteiger partial charge on any atom is 0.326 e. The normalized spacial score (nSPS) is 14.7. The smallest absolute Gasteiger partial charge is 0.326 e. The molecule has 0 heterocycles. The van der Waals surface area contributed by atoms with E-state index in [4.69, 9.17) is 5.73 Å². The lowest BCUT2D eigenvalue weighted by molar-refractivity contribution is -0.142. The number of hydrogen-bond donors (Lipinski definition) is 6. The van der Waals surface area contributed by atoms with E-state index in [-0.39, 0.29) is 12.2 Å². The molecule has 0 saturated carbocycles. The molecular weight excluding hydrogens is 480 g/mol. The van der Waals surface area contributed by atoms with Crippen molar-refractivity contribution >= 4 is 71.6 Å². The van der Waals surface area contributed by atoms with Crippen LogP contribution in [0.25, 0.3) is 0 Å². The van der Waals surface area contributed by atoms with E-state index in [2.05, 4.69) is 28.6 Å². The van der Waals surface area contributed by atoms with Crippen molar-refractivity contribution in [1.29, 1.82) is 0 Å². The van der Waals surface area contributed by atoms with Crippen LogP contribution in [-0.4, -0.2) is 94.7 Å². The number of carboxylic acid groups (broad SMARTS) is 1. The van der Waals surface area contributed by atoms with E-state index < -0.39 is 47.9 Å². The zero-order valence-corrected chi connectivity index (χ0v) is 21.4. The molecule has 4 atom stereocenters. The molecule has 0 bridgehead atoms. The lowest BCUT2D eigenvalue weighted by Crippen LogP contribution is -2.57. The van der Waals surface area contributed by atoms with E-state index in [1.54, 1.807) is 11.8 Å². The van der Waals surface area contributed by atoms with Crippen molar-refractivity contribution in [2.24, 2.45) is 5.73 Å². The molecule has 0 fully saturated rings. The Balaban J connectivity index is 5.12. The third kappa shape index (κ3) is 12.8. The highest BCUT2D eigenvalue weighted by Gasteiger charge is 2.29. The van der Waals surface area contributed by atoms with Gasteiger partial charge in [-0.15, -0.1) is 0 Å². The first-order valence-electron chi connectivity index (χ1n) is 9.68. The molecule has 180 valence electrons. The van der Waals surface area contributed by atoms with Crippen LogP contribution < -0.4 is 21.7 Å². The topological polar surface area (TPSA) is 151 Å². The second-order valence-corrected chi connectivity index (χ2v) is 9.98. The van der Waals surface area contributed by atoms with Crippen LogP contribution in [0, 0.1) is 0 Å². The molecule has 0 aromatic rings. The SMILES string of the molecule is CSCCC(N)C(=O)NC(CS)C(=O)NC(CCSC)C(=O)NC(CCSC)C(=O)O. The zero-order chi connectivity index (χ0) is 23.8. The number of aliphatic carboxylic acids is 1. The van der Waals surface area contributed by atoms with Crippen molar-refractivity contribution in [3.8, 4) is 0 Å². The average molecular weight is 515 g/mol. The van der Waals surface area contributed by atoms with E-state index >= 15 is 0 Å². The standard InChI is InChI=1S/C18H34N4O5S4/c1-29-7-4-11(19)15(23)22-14(10-28)17(25)20-12(5-8-30-2)16(24)21-13(18(26)27)6-9-31-3/h11-14,28H,4-10,19H2,1-3H3,(H,20,25)(H,21,24)(H,22,23)(H,26,27). The Morgan fingerprint density at radius 1 is 0.774 bits per heavy atom. The molecule has 9 nitrogen and oxygen atoms in total. The van der Waals surface area contributed by atoms with Crippen molar-refractivity contribution in [3.63, 3.8) is 0 Å². The van der Waals surface area contributed by atoms with Crippen molar-refractivity contribution < 1.29 is 24.3 Å². The van der Waals surface area contributed by atoms with E-state index in [0.29, 0.717) is 30.1 Å². The molecule has 6 N–H and O–H groups in total. The number of nitrogens with one attached hydrogen (secondary N) is 3. The lowest BCUT2D eigenvalue weighted by atomic mass is 10.1. The molecule has 0 aliphatic carbocycles. The van der Waals surface area contributed by atoms with Crippen LogP contribution in [0.1, 0.15) is 19.3 Å². The van der Waals surface area contributed by atoms with Crippen LogP contribution in [-0.2, 0) is 19.2 Å². The summed E-state index contributed by atoms with van der Waals surface area (Å²) in [6.45, 7) is 0. The van der Waals surface area contributed by atoms with Gasteiger partial charge in [0.15, 0.2) is 0 Å². The number of amides is 3. The number of nitrogens with two attached hydrogens (primary N) is 1. The van der Waals surface area contributed by atoms with Crippen LogP contribution in [0.4, 0.5) is 0 Å². The number of carbonyl (C=O) groups is 4. The van der Waals surface area contributed by atoms with E-state index in [1.807, 2.05) is 18.8 Å². The van der Waals surface area contributed by atoms with Gasteiger partial charge in [0.1, 0.15) is 18.1 Å². The number of carboxylic acids is 1. The summed E-state index contributed by atoms with van der Waals surface area (Å²) in [4.78, 5) is 49.0. The van der Waals surface area contributed by atoms with Crippen LogP contribution in [0.2, 0.25) is 0 Å². The van der Waals surface area contributed by atoms with Gasteiger partial charge in [-0.25, -0.2) is 4.79 Å². The molecule has 0 aliphatic rings. The molecule has 0 aromatic heterocycles. The van der Waals surface area contributed by atoms with Crippen LogP contribution in [0.15, 0.2) is 0 Å². The first-order valence-corrected chi connectivity index (χ1v) is 14.5. The number of thioether (sulfide) groups is 3. The van der Waals surface area contributed by atoms with Crippen LogP contribution in [0.5, 0.6) is 0 Å². The second-order valence-electron chi connectivity index (χ2n) is 6.66. The highest BCUT2D eigenvalue weighted by molar-refractivity contribution is 7.98. The van der Waals surface area contributed by atoms with Gasteiger partial charge in [0, 0.05) is 5.75 Å². The maximum atomic E-state index is 12.7. The monoisotopic (exact) mass is 514 g/mol. The van der Waals surface area contributed by atoms with Crippen molar-refractivity contribution in [1.82, 2.24) is 16.0 Å². The fraction of sp³-hybridized carbons (Fsp3) is 0.778. The fourth-order valence-corrected chi connectivity index (χ4v) is 4.08. The third-order valence-corrected chi connectivity index (χ3v) is 6.55. The molecule has 31 heavy (non-hydrogen) atoms. The third-order valence-electron chi connectivity index (χ3n) is 4.25. The van der Waals surface area contributed by atoms with E-state index in [9.17, 15) is 24.3 Å². The summed E-state index contributed by atoms with van der Waals surface area (Å²) in [5.41, 5.74) is 5.84. The molecule has 0 aliphatic heterocycles. The first-order chi connectivity index (χ1) is 14.7. The Morgan fingerprint density at radius 3 is 1.68 bits per heavy atom. The Bertz CT molecular complexity index is 585. The Labute approximate surface area is 202 Å². The molecule has 0 radical (unpaired) electrons. The van der Waals surface area contributed by atoms with Gasteiger partial charge >= 0.3 is 5.97 Å². The van der Waals surface area contributed by atoms with Gasteiger partial charge in [-0.05, 0) is 55.3 Å². The number of hydrogen-bond acceptors (Lipinski definition) is 9. The Hall–Kier alpha value is -0.760. The largest absolute Gasteiger partial charge is 0.480 e. The maximum absolute atomic E-state index is 12.7. The molecular formula is C18H34N4O5S4. The predicted octanol–water partition coefficient (Wildman–Crippen LogP) is 0.0418. The van der Waals surface area contributed by atoms with Gasteiger partial charge in [-0.2, -0.15) is 47.9 Å². The molecule has 0 spiro atoms. The summed E-state index contributed by atoms with van der Waals surface area (Å²) in [5, 5.41) is 17.0. The van der Waals surface area contributed by atoms with Crippen molar-refractivity contribution in [2.45, 2.75) is 43.4 Å². The second kappa shape index (κ2) is 17.8. The number of rotatable bonds is 17. The summed E-state index contributed by atoms with van der Waals surface area (Å²) < 4.78 is 0. The molecule has 0 aromatic carbocycles. The summed E-state index contributed by atoms with van der Waals surface area (Å²) in [7, 11) is 0. The average Bonchev–Trinajstić information content (AvgIpc) is 2.74. The molecule has 0 saturated heterocycles. The minimum atomic E-state index is -1.13. The summed E-state index contributed by atoms with van der Waals surface area (Å²) in [5.74, 6) is -0.843. The number of thiol groups is 1. The van der Waals surface area contributed by atoms with Crippen LogP contribution >= 0.6 is 47.9 Å². The van der Waals surface area contributed by atoms with Gasteiger partial charge in [0.2, 0.25) is 17.7 Å². The lowest BCUT2D eigenvalue weighted by Gasteiger charge is -2.24. The fourth-order valence-electron chi connectivity index (χ4n) is 2.39. The summed E-state index contributed by atoms with van der Waals surface area (Å²) in [6, 6.07) is -3.68.